The maximum atomic E-state index is 11.0. The van der Waals surface area contributed by atoms with Gasteiger partial charge in [0.15, 0.2) is 0 Å². The van der Waals surface area contributed by atoms with Gasteiger partial charge in [0, 0.05) is 5.25 Å². The first kappa shape index (κ1) is 21.2. The Bertz CT molecular complexity index is 280. The number of hydrogen-bond donors (Lipinski definition) is 1. The van der Waals surface area contributed by atoms with Gasteiger partial charge in [-0.25, -0.2) is 8.42 Å². The molecule has 2 unspecified atom stereocenters. The van der Waals surface area contributed by atoms with Crippen molar-refractivity contribution in [2.45, 2.75) is 76.6 Å². The van der Waals surface area contributed by atoms with Crippen LogP contribution in [0.2, 0.25) is 0 Å². The first-order chi connectivity index (χ1) is 7.91. The molecule has 0 heterocycles. The van der Waals surface area contributed by atoms with E-state index >= 15 is 0 Å². The van der Waals surface area contributed by atoms with E-state index in [1.165, 1.54) is 0 Å². The fraction of sp³-hybridized carbons (Fsp3) is 1.00. The molecule has 0 saturated heterocycles. The van der Waals surface area contributed by atoms with Crippen LogP contribution in [-0.4, -0.2) is 29.4 Å². The van der Waals surface area contributed by atoms with Crippen molar-refractivity contribution < 1.29 is 47.6 Å². The number of hydrogen-bond acceptors (Lipinski definition) is 4. The summed E-state index contributed by atoms with van der Waals surface area (Å²) in [4.78, 5) is 0. The summed E-state index contributed by atoms with van der Waals surface area (Å²) in [6, 6.07) is 0. The Balaban J connectivity index is 0. The van der Waals surface area contributed by atoms with Crippen LogP contribution >= 0.6 is 0 Å². The molecule has 0 aliphatic rings. The fourth-order valence-corrected chi connectivity index (χ4v) is 2.86. The van der Waals surface area contributed by atoms with Crippen LogP contribution < -0.4 is 29.6 Å². The molecule has 6 heteroatoms. The zero-order chi connectivity index (χ0) is 13.3. The van der Waals surface area contributed by atoms with Gasteiger partial charge in [-0.1, -0.05) is 39.5 Å². The van der Waals surface area contributed by atoms with Crippen molar-refractivity contribution in [2.24, 2.45) is 0 Å². The Morgan fingerprint density at radius 2 is 1.61 bits per heavy atom. The maximum absolute atomic E-state index is 11.0. The first-order valence-electron chi connectivity index (χ1n) is 6.54. The predicted molar refractivity (Wildman–Crippen MR) is 67.8 cm³/mol. The molecule has 0 saturated carbocycles. The molecule has 4 nitrogen and oxygen atoms in total. The molecule has 0 fully saturated rings. The third-order valence-electron chi connectivity index (χ3n) is 2.98. The van der Waals surface area contributed by atoms with Gasteiger partial charge in [0.1, 0.15) is 0 Å². The third kappa shape index (κ3) is 10.8. The minimum Gasteiger partial charge on any atom is -0.748 e. The quantitative estimate of drug-likeness (QED) is 0.332. The van der Waals surface area contributed by atoms with E-state index in [4.69, 9.17) is 0 Å². The molecule has 0 rings (SSSR count). The van der Waals surface area contributed by atoms with Gasteiger partial charge in [0.05, 0.1) is 16.2 Å². The van der Waals surface area contributed by atoms with Gasteiger partial charge in [-0.15, -0.1) is 0 Å². The average Bonchev–Trinajstić information content (AvgIpc) is 2.23. The Labute approximate surface area is 134 Å². The summed E-state index contributed by atoms with van der Waals surface area (Å²) in [5, 5.41) is 8.84. The number of rotatable bonds is 10. The van der Waals surface area contributed by atoms with E-state index < -0.39 is 21.5 Å². The van der Waals surface area contributed by atoms with Gasteiger partial charge in [-0.2, -0.15) is 0 Å². The molecule has 0 aromatic carbocycles. The van der Waals surface area contributed by atoms with E-state index in [9.17, 15) is 18.1 Å². The molecule has 1 N–H and O–H groups in total. The fourth-order valence-electron chi connectivity index (χ4n) is 1.91. The molecule has 0 amide bonds. The molecule has 18 heavy (non-hydrogen) atoms. The Hall–Kier alpha value is 0.870. The Morgan fingerprint density at radius 3 is 2.06 bits per heavy atom. The van der Waals surface area contributed by atoms with Crippen LogP contribution in [0.3, 0.4) is 0 Å². The van der Waals surface area contributed by atoms with Gasteiger partial charge < -0.3 is 9.66 Å². The molecular weight excluding hydrogens is 263 g/mol. The molecule has 0 aliphatic carbocycles. The molecule has 2 atom stereocenters. The summed E-state index contributed by atoms with van der Waals surface area (Å²) in [6.45, 7) is 3.95. The number of aliphatic hydroxyl groups excluding tert-OH is 1. The van der Waals surface area contributed by atoms with Crippen LogP contribution in [0.5, 0.6) is 0 Å². The zero-order valence-electron chi connectivity index (χ0n) is 11.9. The average molecular weight is 288 g/mol. The molecule has 104 valence electrons. The van der Waals surface area contributed by atoms with Crippen LogP contribution in [-0.2, 0) is 10.1 Å². The summed E-state index contributed by atoms with van der Waals surface area (Å²) in [5.41, 5.74) is 0. The molecule has 0 aromatic rings. The van der Waals surface area contributed by atoms with Crippen molar-refractivity contribution in [3.63, 3.8) is 0 Å². The number of aliphatic hydroxyl groups is 1. The summed E-state index contributed by atoms with van der Waals surface area (Å²) in [5.74, 6) is 0. The summed E-state index contributed by atoms with van der Waals surface area (Å²) >= 11 is 0. The Kier molecular flexibility index (Phi) is 13.7. The van der Waals surface area contributed by atoms with Gasteiger partial charge in [-0.3, -0.25) is 0 Å². The second-order valence-electron chi connectivity index (χ2n) is 4.63. The first-order valence-corrected chi connectivity index (χ1v) is 8.01. The van der Waals surface area contributed by atoms with Crippen LogP contribution in [0.1, 0.15) is 65.2 Å². The molecule has 0 bridgehead atoms. The second-order valence-corrected chi connectivity index (χ2v) is 6.28. The van der Waals surface area contributed by atoms with Crippen LogP contribution in [0.25, 0.3) is 0 Å². The van der Waals surface area contributed by atoms with Crippen molar-refractivity contribution in [3.05, 3.63) is 0 Å². The van der Waals surface area contributed by atoms with E-state index in [2.05, 4.69) is 6.92 Å². The van der Waals surface area contributed by atoms with Crippen molar-refractivity contribution >= 4 is 10.1 Å². The molecule has 0 aliphatic heterocycles. The van der Waals surface area contributed by atoms with Gasteiger partial charge in [0.25, 0.3) is 0 Å². The van der Waals surface area contributed by atoms with Gasteiger partial charge in [-0.05, 0) is 25.7 Å². The smallest absolute Gasteiger partial charge is 0.748 e. The molecule has 0 spiro atoms. The molecule has 0 radical (unpaired) electrons. The van der Waals surface area contributed by atoms with Gasteiger partial charge in [0.2, 0.25) is 0 Å². The minimum atomic E-state index is -4.21. The summed E-state index contributed by atoms with van der Waals surface area (Å²) in [6.07, 6.45) is 5.14. The van der Waals surface area contributed by atoms with Crippen LogP contribution in [0.15, 0.2) is 0 Å². The summed E-state index contributed by atoms with van der Waals surface area (Å²) < 4.78 is 32.9. The largest absolute Gasteiger partial charge is 1.00 e. The SMILES string of the molecule is CCCCCC(O)CCC(CCC)S(=O)(=O)[O-].[Na+]. The maximum Gasteiger partial charge on any atom is 1.00 e. The van der Waals surface area contributed by atoms with E-state index in [-0.39, 0.29) is 36.0 Å². The van der Waals surface area contributed by atoms with E-state index in [1.54, 1.807) is 0 Å². The van der Waals surface area contributed by atoms with E-state index in [1.807, 2.05) is 6.92 Å². The normalized spacial score (nSPS) is 14.9. The Morgan fingerprint density at radius 1 is 1.00 bits per heavy atom. The van der Waals surface area contributed by atoms with E-state index in [0.29, 0.717) is 25.7 Å². The van der Waals surface area contributed by atoms with Crippen molar-refractivity contribution in [1.29, 1.82) is 0 Å². The van der Waals surface area contributed by atoms with Crippen LogP contribution in [0, 0.1) is 0 Å². The monoisotopic (exact) mass is 288 g/mol. The predicted octanol–water partition coefficient (Wildman–Crippen LogP) is -0.574. The van der Waals surface area contributed by atoms with Crippen molar-refractivity contribution in [3.8, 4) is 0 Å². The molecule has 0 aromatic heterocycles. The zero-order valence-corrected chi connectivity index (χ0v) is 14.7. The standard InChI is InChI=1S/C12H26O4S.Na/c1-3-5-6-8-11(13)9-10-12(7-4-2)17(14,15)16;/h11-13H,3-10H2,1-2H3,(H,14,15,16);/q;+1/p-1. The van der Waals surface area contributed by atoms with Crippen LogP contribution in [0.4, 0.5) is 0 Å². The third-order valence-corrected chi connectivity index (χ3v) is 4.27. The topological polar surface area (TPSA) is 77.4 Å². The van der Waals surface area contributed by atoms with E-state index in [0.717, 1.165) is 19.3 Å². The van der Waals surface area contributed by atoms with Gasteiger partial charge >= 0.3 is 29.6 Å². The number of unbranched alkanes of at least 4 members (excludes halogenated alkanes) is 2. The minimum absolute atomic E-state index is 0. The van der Waals surface area contributed by atoms with Crippen molar-refractivity contribution in [1.82, 2.24) is 0 Å². The summed E-state index contributed by atoms with van der Waals surface area (Å²) in [7, 11) is -4.21. The van der Waals surface area contributed by atoms with Crippen molar-refractivity contribution in [2.75, 3.05) is 0 Å². The second kappa shape index (κ2) is 11.7. The molecular formula is C12H25NaO4S.